The molecule has 0 amide bonds. The highest BCUT2D eigenvalue weighted by molar-refractivity contribution is 5.66. The Morgan fingerprint density at radius 3 is 2.46 bits per heavy atom. The van der Waals surface area contributed by atoms with E-state index in [1.807, 2.05) is 0 Å². The molecule has 0 N–H and O–H groups in total. The molecule has 0 aromatic heterocycles. The van der Waals surface area contributed by atoms with E-state index in [0.29, 0.717) is 36.4 Å². The third kappa shape index (κ3) is 5.18. The molecule has 5 unspecified atom stereocenters. The molecular formula is C24H40O4. The van der Waals surface area contributed by atoms with E-state index in [9.17, 15) is 9.59 Å². The van der Waals surface area contributed by atoms with Crippen molar-refractivity contribution in [3.63, 3.8) is 0 Å². The molecule has 1 saturated carbocycles. The maximum Gasteiger partial charge on any atom is 0.302 e. The van der Waals surface area contributed by atoms with E-state index < -0.39 is 0 Å². The second-order valence-electron chi connectivity index (χ2n) is 9.78. The summed E-state index contributed by atoms with van der Waals surface area (Å²) in [7, 11) is 0. The highest BCUT2D eigenvalue weighted by atomic mass is 16.5. The van der Waals surface area contributed by atoms with Gasteiger partial charge in [-0.1, -0.05) is 40.2 Å². The highest BCUT2D eigenvalue weighted by Crippen LogP contribution is 2.62. The van der Waals surface area contributed by atoms with Crippen LogP contribution in [0.25, 0.3) is 0 Å². The van der Waals surface area contributed by atoms with Gasteiger partial charge in [-0.15, -0.1) is 0 Å². The number of esters is 2. The summed E-state index contributed by atoms with van der Waals surface area (Å²) in [5.74, 6) is 1.49. The van der Waals surface area contributed by atoms with Crippen LogP contribution in [0.4, 0.5) is 0 Å². The van der Waals surface area contributed by atoms with Crippen molar-refractivity contribution in [2.75, 3.05) is 13.2 Å². The fourth-order valence-electron chi connectivity index (χ4n) is 5.71. The molecule has 4 nitrogen and oxygen atoms in total. The van der Waals surface area contributed by atoms with Crippen molar-refractivity contribution in [2.24, 2.45) is 28.6 Å². The number of hydrogen-bond donors (Lipinski definition) is 0. The minimum atomic E-state index is -0.194. The first-order chi connectivity index (χ1) is 13.1. The standard InChI is InChI=1S/C24H40O4/c1-17(12-15-27-19(3)25)10-13-23(5)18(2)11-14-24(6)21(16-28-20(4)26)8-7-9-22(23)24/h8,17-18,22H,7,9-16H2,1-6H3. The van der Waals surface area contributed by atoms with Gasteiger partial charge in [-0.25, -0.2) is 0 Å². The largest absolute Gasteiger partial charge is 0.466 e. The molecule has 2 rings (SSSR count). The molecule has 1 fully saturated rings. The van der Waals surface area contributed by atoms with Crippen LogP contribution in [0.2, 0.25) is 0 Å². The Hall–Kier alpha value is -1.32. The lowest BCUT2D eigenvalue weighted by Crippen LogP contribution is -2.50. The zero-order valence-corrected chi connectivity index (χ0v) is 18.8. The van der Waals surface area contributed by atoms with Gasteiger partial charge in [-0.05, 0) is 72.7 Å². The molecule has 4 heteroatoms. The Balaban J connectivity index is 2.07. The van der Waals surface area contributed by atoms with Crippen LogP contribution in [0, 0.1) is 28.6 Å². The van der Waals surface area contributed by atoms with Crippen molar-refractivity contribution < 1.29 is 19.1 Å². The molecule has 160 valence electrons. The van der Waals surface area contributed by atoms with Gasteiger partial charge in [-0.3, -0.25) is 9.59 Å². The zero-order valence-electron chi connectivity index (χ0n) is 18.8. The van der Waals surface area contributed by atoms with Crippen LogP contribution in [0.1, 0.15) is 86.5 Å². The monoisotopic (exact) mass is 392 g/mol. The smallest absolute Gasteiger partial charge is 0.302 e. The van der Waals surface area contributed by atoms with E-state index in [4.69, 9.17) is 9.47 Å². The van der Waals surface area contributed by atoms with Gasteiger partial charge < -0.3 is 9.47 Å². The number of allylic oxidation sites excluding steroid dienone is 1. The molecule has 0 aliphatic heterocycles. The van der Waals surface area contributed by atoms with Gasteiger partial charge in [0.1, 0.15) is 6.61 Å². The van der Waals surface area contributed by atoms with Crippen molar-refractivity contribution in [2.45, 2.75) is 86.5 Å². The quantitative estimate of drug-likeness (QED) is 0.393. The maximum absolute atomic E-state index is 11.4. The fourth-order valence-corrected chi connectivity index (χ4v) is 5.71. The molecule has 0 aromatic rings. The third-order valence-electron chi connectivity index (χ3n) is 7.89. The Morgan fingerprint density at radius 2 is 1.82 bits per heavy atom. The van der Waals surface area contributed by atoms with Crippen LogP contribution in [0.15, 0.2) is 11.6 Å². The van der Waals surface area contributed by atoms with Gasteiger partial charge >= 0.3 is 11.9 Å². The number of fused-ring (bicyclic) bond motifs is 1. The van der Waals surface area contributed by atoms with Gasteiger partial charge in [0.2, 0.25) is 0 Å². The molecule has 2 aliphatic rings. The predicted octanol–water partition coefficient (Wildman–Crippen LogP) is 5.70. The Labute approximate surface area is 171 Å². The van der Waals surface area contributed by atoms with Gasteiger partial charge in [-0.2, -0.15) is 0 Å². The highest BCUT2D eigenvalue weighted by Gasteiger charge is 2.53. The van der Waals surface area contributed by atoms with Crippen LogP contribution in [0.5, 0.6) is 0 Å². The molecule has 0 bridgehead atoms. The molecule has 5 atom stereocenters. The Bertz CT molecular complexity index is 595. The van der Waals surface area contributed by atoms with Crippen LogP contribution in [-0.2, 0) is 19.1 Å². The van der Waals surface area contributed by atoms with E-state index in [2.05, 4.69) is 33.8 Å². The van der Waals surface area contributed by atoms with Crippen molar-refractivity contribution in [3.05, 3.63) is 11.6 Å². The SMILES string of the molecule is CC(=O)OCCC(C)CCC1(C)C(C)CCC2(C)C(COC(C)=O)=CCCC21. The van der Waals surface area contributed by atoms with Crippen molar-refractivity contribution in [3.8, 4) is 0 Å². The van der Waals surface area contributed by atoms with E-state index in [1.54, 1.807) is 0 Å². The van der Waals surface area contributed by atoms with Crippen LogP contribution in [-0.4, -0.2) is 25.2 Å². The Kier molecular flexibility index (Phi) is 7.75. The van der Waals surface area contributed by atoms with E-state index in [0.717, 1.165) is 19.3 Å². The summed E-state index contributed by atoms with van der Waals surface area (Å²) in [6.07, 6.45) is 10.4. The first-order valence-electron chi connectivity index (χ1n) is 11.1. The number of carbonyl (C=O) groups is 2. The number of rotatable bonds is 8. The minimum absolute atomic E-state index is 0.135. The number of hydrogen-bond acceptors (Lipinski definition) is 4. The van der Waals surface area contributed by atoms with E-state index in [-0.39, 0.29) is 17.4 Å². The third-order valence-corrected chi connectivity index (χ3v) is 7.89. The summed E-state index contributed by atoms with van der Waals surface area (Å²) in [6.45, 7) is 13.5. The van der Waals surface area contributed by atoms with Crippen LogP contribution >= 0.6 is 0 Å². The number of carbonyl (C=O) groups excluding carboxylic acids is 2. The van der Waals surface area contributed by atoms with E-state index in [1.165, 1.54) is 45.1 Å². The fraction of sp³-hybridized carbons (Fsp3) is 0.833. The van der Waals surface area contributed by atoms with Crippen molar-refractivity contribution >= 4 is 11.9 Å². The molecule has 2 aliphatic carbocycles. The lowest BCUT2D eigenvalue weighted by atomic mass is 9.46. The second kappa shape index (κ2) is 9.45. The second-order valence-corrected chi connectivity index (χ2v) is 9.78. The summed E-state index contributed by atoms with van der Waals surface area (Å²) in [6, 6.07) is 0. The van der Waals surface area contributed by atoms with Crippen molar-refractivity contribution in [1.82, 2.24) is 0 Å². The summed E-state index contributed by atoms with van der Waals surface area (Å²) in [4.78, 5) is 22.3. The summed E-state index contributed by atoms with van der Waals surface area (Å²) in [5.41, 5.74) is 1.76. The molecule has 28 heavy (non-hydrogen) atoms. The van der Waals surface area contributed by atoms with E-state index >= 15 is 0 Å². The van der Waals surface area contributed by atoms with Gasteiger partial charge in [0.05, 0.1) is 6.61 Å². The first-order valence-corrected chi connectivity index (χ1v) is 11.1. The summed E-state index contributed by atoms with van der Waals surface area (Å²) in [5, 5.41) is 0. The Morgan fingerprint density at radius 1 is 1.14 bits per heavy atom. The average Bonchev–Trinajstić information content (AvgIpc) is 2.62. The predicted molar refractivity (Wildman–Crippen MR) is 112 cm³/mol. The topological polar surface area (TPSA) is 52.6 Å². The summed E-state index contributed by atoms with van der Waals surface area (Å²) >= 11 is 0. The molecule has 0 spiro atoms. The lowest BCUT2D eigenvalue weighted by molar-refractivity contribution is -0.142. The van der Waals surface area contributed by atoms with Gasteiger partial charge in [0, 0.05) is 13.8 Å². The zero-order chi connectivity index (χ0) is 20.9. The normalized spacial score (nSPS) is 33.4. The molecule has 0 heterocycles. The maximum atomic E-state index is 11.4. The van der Waals surface area contributed by atoms with Gasteiger partial charge in [0.25, 0.3) is 0 Å². The van der Waals surface area contributed by atoms with Gasteiger partial charge in [0.15, 0.2) is 0 Å². The van der Waals surface area contributed by atoms with Crippen LogP contribution < -0.4 is 0 Å². The molecular weight excluding hydrogens is 352 g/mol. The molecule has 0 aromatic carbocycles. The average molecular weight is 393 g/mol. The first kappa shape index (κ1) is 23.0. The number of ether oxygens (including phenoxy) is 2. The summed E-state index contributed by atoms with van der Waals surface area (Å²) < 4.78 is 10.5. The lowest BCUT2D eigenvalue weighted by Gasteiger charge is -2.58. The molecule has 0 radical (unpaired) electrons. The molecule has 0 saturated heterocycles. The van der Waals surface area contributed by atoms with Crippen molar-refractivity contribution in [1.29, 1.82) is 0 Å². The van der Waals surface area contributed by atoms with Crippen LogP contribution in [0.3, 0.4) is 0 Å². The minimum Gasteiger partial charge on any atom is -0.466 e.